The Balaban J connectivity index is 2.35. The number of nitrogens with zero attached hydrogens (tertiary/aromatic N) is 1. The fraction of sp³-hybridized carbons (Fsp3) is 0.222. The number of carbonyl (C=O) groups is 1. The van der Waals surface area contributed by atoms with Gasteiger partial charge in [-0.2, -0.15) is 5.26 Å². The topological polar surface area (TPSA) is 99.1 Å². The van der Waals surface area contributed by atoms with Gasteiger partial charge in [0.15, 0.2) is 0 Å². The first-order valence-corrected chi connectivity index (χ1v) is 9.88. The molecule has 0 spiro atoms. The molecule has 0 aliphatic carbocycles. The minimum Gasteiger partial charge on any atom is -0.332 e. The Morgan fingerprint density at radius 3 is 2.43 bits per heavy atom. The fourth-order valence-electron chi connectivity index (χ4n) is 2.35. The van der Waals surface area contributed by atoms with Gasteiger partial charge in [-0.3, -0.25) is 4.79 Å². The number of carbonyl (C=O) groups excluding carboxylic acids is 1. The second-order valence-electron chi connectivity index (χ2n) is 6.12. The summed E-state index contributed by atoms with van der Waals surface area (Å²) >= 11 is 5.99. The molecule has 6 nitrogen and oxygen atoms in total. The second-order valence-corrected chi connectivity index (χ2v) is 8.24. The minimum absolute atomic E-state index is 0.0581. The first-order chi connectivity index (χ1) is 13.0. The highest BCUT2D eigenvalue weighted by atomic mass is 35.5. The molecule has 1 unspecified atom stereocenters. The van der Waals surface area contributed by atoms with E-state index in [-0.39, 0.29) is 27.1 Å². The highest BCUT2D eigenvalue weighted by molar-refractivity contribution is 7.89. The molecule has 2 N–H and O–H groups in total. The Labute approximate surface area is 166 Å². The maximum atomic E-state index is 13.9. The summed E-state index contributed by atoms with van der Waals surface area (Å²) in [5.74, 6) is -2.72. The van der Waals surface area contributed by atoms with Gasteiger partial charge in [-0.15, -0.1) is 0 Å². The standard InChI is InChI=1S/C18H16ClF2N3O3S/c1-10(2)24-28(26,27)12-4-6-15(19)14(8-12)18(25)23-17(9-22)13-5-3-11(20)7-16(13)21/h3-8,10,17,24H,1-2H3,(H,23,25). The van der Waals surface area contributed by atoms with Gasteiger partial charge in [0.2, 0.25) is 10.0 Å². The molecule has 10 heteroatoms. The number of amides is 1. The van der Waals surface area contributed by atoms with Crippen molar-refractivity contribution < 1.29 is 22.0 Å². The van der Waals surface area contributed by atoms with Crippen LogP contribution in [0.5, 0.6) is 0 Å². The Morgan fingerprint density at radius 1 is 1.18 bits per heavy atom. The predicted octanol–water partition coefficient (Wildman–Crippen LogP) is 3.30. The number of hydrogen-bond acceptors (Lipinski definition) is 4. The SMILES string of the molecule is CC(C)NS(=O)(=O)c1ccc(Cl)c(C(=O)NC(C#N)c2ccc(F)cc2F)c1. The van der Waals surface area contributed by atoms with Crippen molar-refractivity contribution in [1.82, 2.24) is 10.0 Å². The van der Waals surface area contributed by atoms with Gasteiger partial charge >= 0.3 is 0 Å². The molecule has 0 saturated carbocycles. The van der Waals surface area contributed by atoms with Gasteiger partial charge in [0.1, 0.15) is 17.7 Å². The predicted molar refractivity (Wildman–Crippen MR) is 99.1 cm³/mol. The molecule has 0 aliphatic heterocycles. The van der Waals surface area contributed by atoms with Gasteiger partial charge in [-0.25, -0.2) is 21.9 Å². The van der Waals surface area contributed by atoms with E-state index in [1.807, 2.05) is 0 Å². The van der Waals surface area contributed by atoms with Gasteiger partial charge in [0.25, 0.3) is 5.91 Å². The van der Waals surface area contributed by atoms with Gasteiger partial charge in [0.05, 0.1) is 21.6 Å². The van der Waals surface area contributed by atoms with Crippen LogP contribution >= 0.6 is 11.6 Å². The molecule has 28 heavy (non-hydrogen) atoms. The van der Waals surface area contributed by atoms with Crippen molar-refractivity contribution in [3.63, 3.8) is 0 Å². The smallest absolute Gasteiger partial charge is 0.254 e. The summed E-state index contributed by atoms with van der Waals surface area (Å²) in [6, 6.07) is 5.98. The van der Waals surface area contributed by atoms with E-state index in [0.717, 1.165) is 18.2 Å². The number of nitrogens with one attached hydrogen (secondary N) is 2. The van der Waals surface area contributed by atoms with Crippen LogP contribution in [0.2, 0.25) is 5.02 Å². The van der Waals surface area contributed by atoms with E-state index in [1.165, 1.54) is 12.1 Å². The van der Waals surface area contributed by atoms with Gasteiger partial charge in [0, 0.05) is 17.7 Å². The molecule has 0 bridgehead atoms. The first kappa shape index (κ1) is 21.8. The lowest BCUT2D eigenvalue weighted by Crippen LogP contribution is -2.31. The third kappa shape index (κ3) is 5.04. The molecule has 0 fully saturated rings. The van der Waals surface area contributed by atoms with Crippen molar-refractivity contribution in [1.29, 1.82) is 5.26 Å². The summed E-state index contributed by atoms with van der Waals surface area (Å²) in [6.07, 6.45) is 0. The van der Waals surface area contributed by atoms with Crippen LogP contribution in [0.25, 0.3) is 0 Å². The normalized spacial score (nSPS) is 12.5. The molecule has 2 aromatic rings. The van der Waals surface area contributed by atoms with Gasteiger partial charge < -0.3 is 5.32 Å². The molecular weight excluding hydrogens is 412 g/mol. The molecule has 1 amide bonds. The molecule has 0 heterocycles. The third-order valence-electron chi connectivity index (χ3n) is 3.56. The molecule has 0 aliphatic rings. The van der Waals surface area contributed by atoms with Crippen molar-refractivity contribution in [2.75, 3.05) is 0 Å². The lowest BCUT2D eigenvalue weighted by Gasteiger charge is -2.15. The quantitative estimate of drug-likeness (QED) is 0.738. The van der Waals surface area contributed by atoms with Crippen LogP contribution in [0, 0.1) is 23.0 Å². The summed E-state index contributed by atoms with van der Waals surface area (Å²) in [5.41, 5.74) is -0.449. The monoisotopic (exact) mass is 427 g/mol. The maximum absolute atomic E-state index is 13.9. The molecule has 1 atom stereocenters. The van der Waals surface area contributed by atoms with E-state index in [2.05, 4.69) is 10.0 Å². The summed E-state index contributed by atoms with van der Waals surface area (Å²) in [4.78, 5) is 12.3. The van der Waals surface area contributed by atoms with Crippen LogP contribution in [0.4, 0.5) is 8.78 Å². The second kappa shape index (κ2) is 8.65. The van der Waals surface area contributed by atoms with E-state index in [9.17, 15) is 27.3 Å². The highest BCUT2D eigenvalue weighted by Gasteiger charge is 2.23. The summed E-state index contributed by atoms with van der Waals surface area (Å²) in [6.45, 7) is 3.27. The summed E-state index contributed by atoms with van der Waals surface area (Å²) < 4.78 is 53.9. The zero-order valence-corrected chi connectivity index (χ0v) is 16.4. The zero-order chi connectivity index (χ0) is 21.1. The number of halogens is 3. The van der Waals surface area contributed by atoms with Crippen LogP contribution in [-0.4, -0.2) is 20.4 Å². The van der Waals surface area contributed by atoms with Crippen LogP contribution in [-0.2, 0) is 10.0 Å². The van der Waals surface area contributed by atoms with E-state index in [1.54, 1.807) is 19.9 Å². The molecule has 0 aromatic heterocycles. The van der Waals surface area contributed by atoms with Gasteiger partial charge in [-0.05, 0) is 38.1 Å². The van der Waals surface area contributed by atoms with Crippen molar-refractivity contribution in [3.8, 4) is 6.07 Å². The van der Waals surface area contributed by atoms with Crippen molar-refractivity contribution >= 4 is 27.5 Å². The number of benzene rings is 2. The van der Waals surface area contributed by atoms with Crippen molar-refractivity contribution in [2.45, 2.75) is 30.8 Å². The number of nitriles is 1. The third-order valence-corrected chi connectivity index (χ3v) is 5.55. The van der Waals surface area contributed by atoms with E-state index >= 15 is 0 Å². The van der Waals surface area contributed by atoms with Crippen LogP contribution < -0.4 is 10.0 Å². The molecular formula is C18H16ClF2N3O3S. The fourth-order valence-corrected chi connectivity index (χ4v) is 3.83. The number of sulfonamides is 1. The average Bonchev–Trinajstić information content (AvgIpc) is 2.59. The minimum atomic E-state index is -3.89. The van der Waals surface area contributed by atoms with Crippen LogP contribution in [0.15, 0.2) is 41.3 Å². The Hall–Kier alpha value is -2.54. The molecule has 2 rings (SSSR count). The zero-order valence-electron chi connectivity index (χ0n) is 14.8. The van der Waals surface area contributed by atoms with E-state index in [4.69, 9.17) is 11.6 Å². The molecule has 0 saturated heterocycles. The van der Waals surface area contributed by atoms with Crippen LogP contribution in [0.3, 0.4) is 0 Å². The lowest BCUT2D eigenvalue weighted by atomic mass is 10.1. The van der Waals surface area contributed by atoms with Crippen LogP contribution in [0.1, 0.15) is 35.8 Å². The molecule has 0 radical (unpaired) electrons. The summed E-state index contributed by atoms with van der Waals surface area (Å²) in [7, 11) is -3.89. The number of rotatable bonds is 6. The van der Waals surface area contributed by atoms with Gasteiger partial charge in [-0.1, -0.05) is 17.7 Å². The average molecular weight is 428 g/mol. The van der Waals surface area contributed by atoms with E-state index < -0.39 is 33.6 Å². The van der Waals surface area contributed by atoms with E-state index in [0.29, 0.717) is 6.07 Å². The number of hydrogen-bond donors (Lipinski definition) is 2. The molecule has 2 aromatic carbocycles. The Kier molecular flexibility index (Phi) is 6.72. The molecule has 148 valence electrons. The maximum Gasteiger partial charge on any atom is 0.254 e. The lowest BCUT2D eigenvalue weighted by molar-refractivity contribution is 0.0944. The summed E-state index contributed by atoms with van der Waals surface area (Å²) in [5, 5.41) is 11.5. The highest BCUT2D eigenvalue weighted by Crippen LogP contribution is 2.23. The largest absolute Gasteiger partial charge is 0.332 e. The Morgan fingerprint density at radius 2 is 1.86 bits per heavy atom. The van der Waals surface area contributed by atoms with Crippen molar-refractivity contribution in [2.24, 2.45) is 0 Å². The first-order valence-electron chi connectivity index (χ1n) is 8.02. The van der Waals surface area contributed by atoms with Crippen molar-refractivity contribution in [3.05, 3.63) is 64.2 Å². The Bertz CT molecular complexity index is 1050.